The molecule has 0 saturated carbocycles. The number of anilines is 1. The summed E-state index contributed by atoms with van der Waals surface area (Å²) < 4.78 is 28.3. The van der Waals surface area contributed by atoms with Gasteiger partial charge in [0, 0.05) is 18.7 Å². The Balaban J connectivity index is 1.39. The summed E-state index contributed by atoms with van der Waals surface area (Å²) in [7, 11) is -4.26. The minimum Gasteiger partial charge on any atom is -0.478 e. The van der Waals surface area contributed by atoms with Gasteiger partial charge in [0.25, 0.3) is 5.91 Å². The molecule has 12 nitrogen and oxygen atoms in total. The first-order chi connectivity index (χ1) is 17.8. The summed E-state index contributed by atoms with van der Waals surface area (Å²) in [5.74, 6) is -1.58. The first kappa shape index (κ1) is 26.6. The van der Waals surface area contributed by atoms with Gasteiger partial charge in [-0.05, 0) is 57.1 Å². The lowest BCUT2D eigenvalue weighted by Gasteiger charge is -2.31. The molecule has 0 radical (unpaired) electrons. The van der Waals surface area contributed by atoms with E-state index in [-0.39, 0.29) is 30.1 Å². The number of benzene rings is 1. The highest BCUT2D eigenvalue weighted by Crippen LogP contribution is 2.21. The van der Waals surface area contributed by atoms with Gasteiger partial charge in [0.15, 0.2) is 0 Å². The van der Waals surface area contributed by atoms with Gasteiger partial charge in [0.2, 0.25) is 21.6 Å². The van der Waals surface area contributed by atoms with Crippen LogP contribution in [0.4, 0.5) is 5.95 Å². The van der Waals surface area contributed by atoms with E-state index in [1.807, 2.05) is 0 Å². The zero-order valence-electron chi connectivity index (χ0n) is 20.5. The molecule has 1 aromatic carbocycles. The molecule has 0 saturated heterocycles. The van der Waals surface area contributed by atoms with E-state index in [0.717, 1.165) is 37.3 Å². The minimum absolute atomic E-state index is 0.00915. The molecule has 1 aliphatic carbocycles. The molecule has 4 rings (SSSR count). The molecule has 2 aliphatic rings. The molecule has 2 heterocycles. The summed E-state index contributed by atoms with van der Waals surface area (Å²) >= 11 is 0. The lowest BCUT2D eigenvalue weighted by atomic mass is 10.0. The maximum Gasteiger partial charge on any atom is 0.345 e. The van der Waals surface area contributed by atoms with Crippen LogP contribution in [0.3, 0.4) is 0 Å². The second-order valence-corrected chi connectivity index (χ2v) is 10.8. The number of amides is 1. The number of aliphatic carboxylic acids is 1. The number of sulfonamides is 1. The molecule has 13 heteroatoms. The Bertz CT molecular complexity index is 1220. The fraction of sp³-hybridized carbons (Fsp3) is 0.500. The third-order valence-corrected chi connectivity index (χ3v) is 7.91. The van der Waals surface area contributed by atoms with Crippen molar-refractivity contribution in [2.75, 3.05) is 18.5 Å². The van der Waals surface area contributed by atoms with E-state index in [9.17, 15) is 23.1 Å². The average Bonchev–Trinajstić information content (AvgIpc) is 3.56. The van der Waals surface area contributed by atoms with Crippen molar-refractivity contribution in [1.29, 1.82) is 0 Å². The number of rotatable bonds is 13. The van der Waals surface area contributed by atoms with Crippen LogP contribution in [0.15, 0.2) is 40.4 Å². The van der Waals surface area contributed by atoms with Crippen molar-refractivity contribution in [2.45, 2.75) is 68.3 Å². The standard InChI is InChI=1S/C24H32N6O6S/c31-21(20-13-16-36-29-20)28-24(22(32)33,30-37(34,35)17-9-3-1-4-10-17)14-7-2-8-15-25-23-26-18-11-5-6-12-19(18)27-23/h1,3-4,9-10,30H,2,5-8,11-16H2,(H,28,31)(H,32,33)(H2,25,26,27). The number of imidazole rings is 1. The molecule has 1 aliphatic heterocycles. The summed E-state index contributed by atoms with van der Waals surface area (Å²) in [5, 5.41) is 19.4. The zero-order valence-corrected chi connectivity index (χ0v) is 21.3. The van der Waals surface area contributed by atoms with E-state index in [1.54, 1.807) is 6.07 Å². The topological polar surface area (TPSA) is 175 Å². The number of aryl methyl sites for hydroxylation is 2. The van der Waals surface area contributed by atoms with Gasteiger partial charge in [-0.25, -0.2) is 18.2 Å². The predicted molar refractivity (Wildman–Crippen MR) is 135 cm³/mol. The van der Waals surface area contributed by atoms with Crippen molar-refractivity contribution >= 4 is 33.6 Å². The number of oxime groups is 1. The first-order valence-corrected chi connectivity index (χ1v) is 13.9. The van der Waals surface area contributed by atoms with Crippen LogP contribution in [0.25, 0.3) is 0 Å². The Morgan fingerprint density at radius 2 is 1.86 bits per heavy atom. The van der Waals surface area contributed by atoms with Crippen LogP contribution in [-0.2, 0) is 37.3 Å². The Morgan fingerprint density at radius 3 is 2.57 bits per heavy atom. The number of H-pyrrole nitrogens is 1. The molecular weight excluding hydrogens is 500 g/mol. The molecule has 0 spiro atoms. The molecule has 1 atom stereocenters. The van der Waals surface area contributed by atoms with Crippen molar-refractivity contribution in [1.82, 2.24) is 20.0 Å². The van der Waals surface area contributed by atoms with Crippen molar-refractivity contribution in [3.05, 3.63) is 41.7 Å². The smallest absolute Gasteiger partial charge is 0.345 e. The number of carbonyl (C=O) groups excluding carboxylic acids is 1. The van der Waals surface area contributed by atoms with Crippen molar-refractivity contribution in [3.63, 3.8) is 0 Å². The molecule has 0 bridgehead atoms. The Morgan fingerprint density at radius 1 is 1.08 bits per heavy atom. The summed E-state index contributed by atoms with van der Waals surface area (Å²) in [6, 6.07) is 7.41. The Labute approximate surface area is 215 Å². The van der Waals surface area contributed by atoms with Crippen LogP contribution in [0.1, 0.15) is 56.3 Å². The third-order valence-electron chi connectivity index (χ3n) is 6.40. The van der Waals surface area contributed by atoms with Crippen LogP contribution in [0.2, 0.25) is 0 Å². The summed E-state index contributed by atoms with van der Waals surface area (Å²) in [4.78, 5) is 37.8. The number of nitrogens with zero attached hydrogens (tertiary/aromatic N) is 2. The maximum absolute atomic E-state index is 13.0. The summed E-state index contributed by atoms with van der Waals surface area (Å²) in [5.41, 5.74) is 0.0388. The van der Waals surface area contributed by atoms with Crippen LogP contribution < -0.4 is 15.4 Å². The molecule has 37 heavy (non-hydrogen) atoms. The SMILES string of the molecule is O=C(NC(CCCCCNc1nc2c([nH]1)CCCC2)(NS(=O)(=O)c1ccccc1)C(=O)O)C1=NOCC1. The molecule has 2 aromatic rings. The monoisotopic (exact) mass is 532 g/mol. The fourth-order valence-electron chi connectivity index (χ4n) is 4.40. The van der Waals surface area contributed by atoms with E-state index < -0.39 is 27.6 Å². The number of unbranched alkanes of at least 4 members (excludes halogenated alkanes) is 2. The Kier molecular flexibility index (Phi) is 8.44. The number of carboxylic acids is 1. The number of aromatic amines is 1. The quantitative estimate of drug-likeness (QED) is 0.192. The highest BCUT2D eigenvalue weighted by molar-refractivity contribution is 7.89. The normalized spacial score (nSPS) is 16.7. The number of fused-ring (bicyclic) bond motifs is 1. The second-order valence-electron chi connectivity index (χ2n) is 9.16. The first-order valence-electron chi connectivity index (χ1n) is 12.4. The number of carboxylic acid groups (broad SMARTS) is 1. The third kappa shape index (κ3) is 6.66. The van der Waals surface area contributed by atoms with Gasteiger partial charge in [0.1, 0.15) is 12.3 Å². The molecule has 200 valence electrons. The van der Waals surface area contributed by atoms with Gasteiger partial charge in [-0.1, -0.05) is 29.8 Å². The molecule has 1 aromatic heterocycles. The van der Waals surface area contributed by atoms with E-state index in [0.29, 0.717) is 25.8 Å². The fourth-order valence-corrected chi connectivity index (χ4v) is 5.73. The number of nitrogens with one attached hydrogen (secondary N) is 4. The van der Waals surface area contributed by atoms with Crippen LogP contribution >= 0.6 is 0 Å². The van der Waals surface area contributed by atoms with Gasteiger partial charge in [0.05, 0.1) is 10.6 Å². The van der Waals surface area contributed by atoms with E-state index in [2.05, 4.69) is 30.5 Å². The number of carbonyl (C=O) groups is 2. The van der Waals surface area contributed by atoms with Crippen molar-refractivity contribution in [2.24, 2.45) is 5.16 Å². The lowest BCUT2D eigenvalue weighted by molar-refractivity contribution is -0.148. The molecule has 0 fully saturated rings. The van der Waals surface area contributed by atoms with E-state index >= 15 is 0 Å². The zero-order chi connectivity index (χ0) is 26.3. The number of aromatic nitrogens is 2. The van der Waals surface area contributed by atoms with Crippen LogP contribution in [-0.4, -0.2) is 59.9 Å². The van der Waals surface area contributed by atoms with Gasteiger partial charge in [-0.3, -0.25) is 4.79 Å². The summed E-state index contributed by atoms with van der Waals surface area (Å²) in [6.07, 6.45) is 5.95. The maximum atomic E-state index is 13.0. The van der Waals surface area contributed by atoms with Crippen LogP contribution in [0, 0.1) is 0 Å². The number of hydrogen-bond donors (Lipinski definition) is 5. The lowest BCUT2D eigenvalue weighted by Crippen LogP contribution is -2.66. The molecular formula is C24H32N6O6S. The van der Waals surface area contributed by atoms with Crippen molar-refractivity contribution < 1.29 is 28.0 Å². The minimum atomic E-state index is -4.26. The average molecular weight is 533 g/mol. The van der Waals surface area contributed by atoms with Gasteiger partial charge in [-0.15, -0.1) is 0 Å². The predicted octanol–water partition coefficient (Wildman–Crippen LogP) is 1.91. The van der Waals surface area contributed by atoms with E-state index in [4.69, 9.17) is 4.84 Å². The van der Waals surface area contributed by atoms with Crippen LogP contribution in [0.5, 0.6) is 0 Å². The molecule has 1 amide bonds. The van der Waals surface area contributed by atoms with Gasteiger partial charge in [-0.2, -0.15) is 4.72 Å². The van der Waals surface area contributed by atoms with Gasteiger partial charge < -0.3 is 25.6 Å². The largest absolute Gasteiger partial charge is 0.478 e. The van der Waals surface area contributed by atoms with E-state index in [1.165, 1.54) is 30.0 Å². The van der Waals surface area contributed by atoms with Gasteiger partial charge >= 0.3 is 5.97 Å². The highest BCUT2D eigenvalue weighted by Gasteiger charge is 2.44. The summed E-state index contributed by atoms with van der Waals surface area (Å²) in [6.45, 7) is 0.812. The highest BCUT2D eigenvalue weighted by atomic mass is 32.2. The molecule has 1 unspecified atom stereocenters. The number of hydrogen-bond acceptors (Lipinski definition) is 8. The second kappa shape index (κ2) is 11.7. The van der Waals surface area contributed by atoms with Crippen molar-refractivity contribution in [3.8, 4) is 0 Å². The molecule has 5 N–H and O–H groups in total. The Hall–Kier alpha value is -3.45.